The molecule has 1 aliphatic carbocycles. The molecule has 1 saturated carbocycles. The van der Waals surface area contributed by atoms with Gasteiger partial charge in [-0.2, -0.15) is 0 Å². The third-order valence-electron chi connectivity index (χ3n) is 3.51. The largest absolute Gasteiger partial charge is 0.477 e. The number of nitrogens with one attached hydrogen (secondary N) is 1. The van der Waals surface area contributed by atoms with Crippen molar-refractivity contribution in [2.45, 2.75) is 31.8 Å². The Bertz CT molecular complexity index is 605. The van der Waals surface area contributed by atoms with E-state index in [4.69, 9.17) is 4.74 Å². The molecule has 0 radical (unpaired) electrons. The standard InChI is InChI=1S/C17H20N2O/c1-2-3-10-20-17-11-13(12-18-14-8-9-14)15-6-4-5-7-16(15)19-17/h2,4-7,11,14,18H,1,3,8-10,12H2. The lowest BCUT2D eigenvalue weighted by molar-refractivity contribution is 0.313. The number of para-hydroxylation sites is 1. The Balaban J connectivity index is 1.85. The summed E-state index contributed by atoms with van der Waals surface area (Å²) in [6.07, 6.45) is 5.29. The molecular weight excluding hydrogens is 248 g/mol. The summed E-state index contributed by atoms with van der Waals surface area (Å²) in [6, 6.07) is 11.0. The maximum Gasteiger partial charge on any atom is 0.214 e. The number of hydrogen-bond donors (Lipinski definition) is 1. The van der Waals surface area contributed by atoms with Crippen molar-refractivity contribution in [1.82, 2.24) is 10.3 Å². The minimum Gasteiger partial charge on any atom is -0.477 e. The topological polar surface area (TPSA) is 34.1 Å². The first-order valence-corrected chi connectivity index (χ1v) is 7.22. The van der Waals surface area contributed by atoms with Gasteiger partial charge in [-0.15, -0.1) is 6.58 Å². The Morgan fingerprint density at radius 2 is 2.20 bits per heavy atom. The summed E-state index contributed by atoms with van der Waals surface area (Å²) in [5.41, 5.74) is 2.26. The van der Waals surface area contributed by atoms with Crippen LogP contribution in [0.1, 0.15) is 24.8 Å². The highest BCUT2D eigenvalue weighted by atomic mass is 16.5. The number of fused-ring (bicyclic) bond motifs is 1. The second-order valence-corrected chi connectivity index (χ2v) is 5.22. The van der Waals surface area contributed by atoms with Crippen molar-refractivity contribution in [3.63, 3.8) is 0 Å². The predicted molar refractivity (Wildman–Crippen MR) is 81.9 cm³/mol. The molecular formula is C17H20N2O. The van der Waals surface area contributed by atoms with Gasteiger partial charge in [0.25, 0.3) is 0 Å². The third kappa shape index (κ3) is 3.17. The van der Waals surface area contributed by atoms with Gasteiger partial charge in [-0.05, 0) is 30.9 Å². The van der Waals surface area contributed by atoms with Gasteiger partial charge in [0, 0.05) is 24.0 Å². The van der Waals surface area contributed by atoms with Gasteiger partial charge in [-0.3, -0.25) is 0 Å². The SMILES string of the molecule is C=CCCOc1cc(CNC2CC2)c2ccccc2n1. The van der Waals surface area contributed by atoms with Crippen LogP contribution in [-0.4, -0.2) is 17.6 Å². The zero-order valence-corrected chi connectivity index (χ0v) is 11.6. The number of aromatic nitrogens is 1. The fourth-order valence-electron chi connectivity index (χ4n) is 2.23. The zero-order valence-electron chi connectivity index (χ0n) is 11.6. The molecule has 1 aromatic carbocycles. The first kappa shape index (κ1) is 13.1. The molecule has 20 heavy (non-hydrogen) atoms. The summed E-state index contributed by atoms with van der Waals surface area (Å²) in [5, 5.41) is 4.77. The lowest BCUT2D eigenvalue weighted by Crippen LogP contribution is -2.15. The molecule has 0 atom stereocenters. The normalized spacial score (nSPS) is 14.4. The van der Waals surface area contributed by atoms with E-state index >= 15 is 0 Å². The average molecular weight is 268 g/mol. The average Bonchev–Trinajstić information content (AvgIpc) is 3.29. The van der Waals surface area contributed by atoms with Crippen molar-refractivity contribution in [2.24, 2.45) is 0 Å². The highest BCUT2D eigenvalue weighted by molar-refractivity contribution is 5.82. The molecule has 104 valence electrons. The number of hydrogen-bond acceptors (Lipinski definition) is 3. The van der Waals surface area contributed by atoms with Gasteiger partial charge in [0.15, 0.2) is 0 Å². The highest BCUT2D eigenvalue weighted by Gasteiger charge is 2.20. The second kappa shape index (κ2) is 6.06. The summed E-state index contributed by atoms with van der Waals surface area (Å²) < 4.78 is 5.71. The van der Waals surface area contributed by atoms with E-state index in [-0.39, 0.29) is 0 Å². The van der Waals surface area contributed by atoms with Crippen molar-refractivity contribution in [3.8, 4) is 5.88 Å². The van der Waals surface area contributed by atoms with Crippen LogP contribution in [0.4, 0.5) is 0 Å². The van der Waals surface area contributed by atoms with E-state index in [0.717, 1.165) is 18.5 Å². The molecule has 2 aromatic rings. The van der Waals surface area contributed by atoms with E-state index in [9.17, 15) is 0 Å². The summed E-state index contributed by atoms with van der Waals surface area (Å²) in [6.45, 7) is 5.21. The Morgan fingerprint density at radius 1 is 1.35 bits per heavy atom. The van der Waals surface area contributed by atoms with Crippen molar-refractivity contribution < 1.29 is 4.74 Å². The maximum absolute atomic E-state index is 5.71. The smallest absolute Gasteiger partial charge is 0.214 e. The highest BCUT2D eigenvalue weighted by Crippen LogP contribution is 2.24. The van der Waals surface area contributed by atoms with Crippen molar-refractivity contribution in [2.75, 3.05) is 6.61 Å². The van der Waals surface area contributed by atoms with E-state index in [1.807, 2.05) is 18.2 Å². The molecule has 3 nitrogen and oxygen atoms in total. The predicted octanol–water partition coefficient (Wildman–Crippen LogP) is 3.44. The van der Waals surface area contributed by atoms with Crippen LogP contribution in [0.25, 0.3) is 10.9 Å². The van der Waals surface area contributed by atoms with Gasteiger partial charge >= 0.3 is 0 Å². The van der Waals surface area contributed by atoms with Crippen LogP contribution in [0.3, 0.4) is 0 Å². The van der Waals surface area contributed by atoms with Crippen molar-refractivity contribution in [1.29, 1.82) is 0 Å². The Morgan fingerprint density at radius 3 is 3.00 bits per heavy atom. The number of ether oxygens (including phenoxy) is 1. The molecule has 1 aromatic heterocycles. The first-order chi connectivity index (χ1) is 9.86. The molecule has 0 spiro atoms. The Hall–Kier alpha value is -1.87. The monoisotopic (exact) mass is 268 g/mol. The lowest BCUT2D eigenvalue weighted by atomic mass is 10.1. The molecule has 0 unspecified atom stereocenters. The van der Waals surface area contributed by atoms with Gasteiger partial charge < -0.3 is 10.1 Å². The second-order valence-electron chi connectivity index (χ2n) is 5.22. The van der Waals surface area contributed by atoms with Crippen LogP contribution >= 0.6 is 0 Å². The van der Waals surface area contributed by atoms with E-state index in [1.54, 1.807) is 0 Å². The van der Waals surface area contributed by atoms with Gasteiger partial charge in [0.2, 0.25) is 5.88 Å². The van der Waals surface area contributed by atoms with Gasteiger partial charge in [0.05, 0.1) is 12.1 Å². The zero-order chi connectivity index (χ0) is 13.8. The van der Waals surface area contributed by atoms with Crippen LogP contribution in [0.2, 0.25) is 0 Å². The summed E-state index contributed by atoms with van der Waals surface area (Å²) in [4.78, 5) is 4.57. The molecule has 0 saturated heterocycles. The Kier molecular flexibility index (Phi) is 3.97. The van der Waals surface area contributed by atoms with Gasteiger partial charge in [-0.25, -0.2) is 4.98 Å². The fraction of sp³-hybridized carbons (Fsp3) is 0.353. The van der Waals surface area contributed by atoms with Crippen LogP contribution in [0.5, 0.6) is 5.88 Å². The summed E-state index contributed by atoms with van der Waals surface area (Å²) in [5.74, 6) is 0.707. The molecule has 1 heterocycles. The fourth-order valence-corrected chi connectivity index (χ4v) is 2.23. The number of nitrogens with zero attached hydrogens (tertiary/aromatic N) is 1. The molecule has 1 aliphatic rings. The van der Waals surface area contributed by atoms with Gasteiger partial charge in [0.1, 0.15) is 0 Å². The first-order valence-electron chi connectivity index (χ1n) is 7.22. The molecule has 3 heteroatoms. The quantitative estimate of drug-likeness (QED) is 0.617. The Labute approximate surface area is 119 Å². The van der Waals surface area contributed by atoms with Crippen molar-refractivity contribution in [3.05, 3.63) is 48.6 Å². The van der Waals surface area contributed by atoms with E-state index in [1.165, 1.54) is 23.8 Å². The van der Waals surface area contributed by atoms with Crippen molar-refractivity contribution >= 4 is 10.9 Å². The summed E-state index contributed by atoms with van der Waals surface area (Å²) in [7, 11) is 0. The van der Waals surface area contributed by atoms with Gasteiger partial charge in [-0.1, -0.05) is 24.3 Å². The van der Waals surface area contributed by atoms with E-state index in [2.05, 4.69) is 35.1 Å². The number of rotatable bonds is 7. The van der Waals surface area contributed by atoms with E-state index in [0.29, 0.717) is 18.5 Å². The number of benzene rings is 1. The molecule has 0 aliphatic heterocycles. The minimum atomic E-state index is 0.629. The lowest BCUT2D eigenvalue weighted by Gasteiger charge is -2.11. The molecule has 0 bridgehead atoms. The third-order valence-corrected chi connectivity index (χ3v) is 3.51. The summed E-state index contributed by atoms with van der Waals surface area (Å²) >= 11 is 0. The minimum absolute atomic E-state index is 0.629. The van der Waals surface area contributed by atoms with E-state index < -0.39 is 0 Å². The maximum atomic E-state index is 5.71. The van der Waals surface area contributed by atoms with Crippen LogP contribution < -0.4 is 10.1 Å². The molecule has 1 fully saturated rings. The molecule has 0 amide bonds. The molecule has 3 rings (SSSR count). The van der Waals surface area contributed by atoms with Crippen LogP contribution in [0, 0.1) is 0 Å². The number of pyridine rings is 1. The van der Waals surface area contributed by atoms with Crippen LogP contribution in [-0.2, 0) is 6.54 Å². The molecule has 1 N–H and O–H groups in total. The van der Waals surface area contributed by atoms with Crippen LogP contribution in [0.15, 0.2) is 43.0 Å².